The van der Waals surface area contributed by atoms with E-state index in [2.05, 4.69) is 9.71 Å². The summed E-state index contributed by atoms with van der Waals surface area (Å²) in [7, 11) is -3.73. The van der Waals surface area contributed by atoms with Crippen LogP contribution < -0.4 is 4.72 Å². The van der Waals surface area contributed by atoms with Crippen molar-refractivity contribution in [1.29, 1.82) is 0 Å². The zero-order chi connectivity index (χ0) is 13.1. The summed E-state index contributed by atoms with van der Waals surface area (Å²) in [5.74, 6) is -1.68. The molecule has 0 spiro atoms. The van der Waals surface area contributed by atoms with Crippen LogP contribution in [0.2, 0.25) is 5.15 Å². The molecule has 0 aliphatic heterocycles. The standard InChI is InChI=1S/C9H11ClN2O4S/c1-6-2-4-11-9(10)8(6)12-17(15,16)5-3-7(13)14/h2,4,12H,3,5H2,1H3,(H,13,14). The molecule has 2 N–H and O–H groups in total. The van der Waals surface area contributed by atoms with Gasteiger partial charge in [-0.3, -0.25) is 9.52 Å². The molecule has 0 bridgehead atoms. The molecule has 0 aromatic carbocycles. The van der Waals surface area contributed by atoms with Crippen molar-refractivity contribution >= 4 is 33.3 Å². The molecule has 6 nitrogen and oxygen atoms in total. The molecule has 94 valence electrons. The summed E-state index contributed by atoms with van der Waals surface area (Å²) in [5, 5.41) is 8.45. The lowest BCUT2D eigenvalue weighted by Gasteiger charge is -2.10. The molecule has 0 fully saturated rings. The first-order valence-corrected chi connectivity index (χ1v) is 6.68. The number of aromatic nitrogens is 1. The first-order valence-electron chi connectivity index (χ1n) is 4.65. The Kier molecular flexibility index (Phi) is 4.30. The Morgan fingerprint density at radius 1 is 1.59 bits per heavy atom. The normalized spacial score (nSPS) is 11.2. The van der Waals surface area contributed by atoms with E-state index in [4.69, 9.17) is 16.7 Å². The Hall–Kier alpha value is -1.34. The first kappa shape index (κ1) is 13.7. The van der Waals surface area contributed by atoms with Gasteiger partial charge in [0, 0.05) is 6.20 Å². The second kappa shape index (κ2) is 5.33. The van der Waals surface area contributed by atoms with Gasteiger partial charge in [-0.1, -0.05) is 11.6 Å². The molecule has 8 heteroatoms. The highest BCUT2D eigenvalue weighted by atomic mass is 35.5. The van der Waals surface area contributed by atoms with Crippen molar-refractivity contribution in [2.45, 2.75) is 13.3 Å². The summed E-state index contributed by atoms with van der Waals surface area (Å²) < 4.78 is 25.3. The maximum Gasteiger partial charge on any atom is 0.304 e. The number of aryl methyl sites for hydroxylation is 1. The molecule has 1 heterocycles. The third kappa shape index (κ3) is 4.20. The van der Waals surface area contributed by atoms with Gasteiger partial charge >= 0.3 is 5.97 Å². The van der Waals surface area contributed by atoms with Crippen LogP contribution in [0, 0.1) is 6.92 Å². The van der Waals surface area contributed by atoms with E-state index in [0.29, 0.717) is 5.56 Å². The second-order valence-corrected chi connectivity index (χ2v) is 5.56. The SMILES string of the molecule is Cc1ccnc(Cl)c1NS(=O)(=O)CCC(=O)O. The fourth-order valence-corrected chi connectivity index (χ4v) is 2.50. The van der Waals surface area contributed by atoms with Crippen molar-refractivity contribution < 1.29 is 18.3 Å². The molecule has 17 heavy (non-hydrogen) atoms. The van der Waals surface area contributed by atoms with Gasteiger partial charge in [-0.2, -0.15) is 0 Å². The molecule has 0 saturated heterocycles. The largest absolute Gasteiger partial charge is 0.481 e. The number of aliphatic carboxylic acids is 1. The number of halogens is 1. The Labute approximate surface area is 104 Å². The summed E-state index contributed by atoms with van der Waals surface area (Å²) in [6, 6.07) is 1.60. The highest BCUT2D eigenvalue weighted by Gasteiger charge is 2.16. The summed E-state index contributed by atoms with van der Waals surface area (Å²) in [6.45, 7) is 1.67. The monoisotopic (exact) mass is 278 g/mol. The molecule has 1 rings (SSSR count). The molecule has 0 aliphatic carbocycles. The summed E-state index contributed by atoms with van der Waals surface area (Å²) in [6.07, 6.45) is 0.985. The van der Waals surface area contributed by atoms with Crippen LogP contribution in [-0.2, 0) is 14.8 Å². The molecule has 0 saturated carbocycles. The lowest BCUT2D eigenvalue weighted by atomic mass is 10.3. The fourth-order valence-electron chi connectivity index (χ4n) is 1.08. The lowest BCUT2D eigenvalue weighted by molar-refractivity contribution is -0.136. The fraction of sp³-hybridized carbons (Fsp3) is 0.333. The van der Waals surface area contributed by atoms with Crippen LogP contribution in [0.1, 0.15) is 12.0 Å². The minimum absolute atomic E-state index is 0.0314. The van der Waals surface area contributed by atoms with Crippen LogP contribution in [0.5, 0.6) is 0 Å². The van der Waals surface area contributed by atoms with Crippen LogP contribution in [0.4, 0.5) is 5.69 Å². The van der Waals surface area contributed by atoms with Gasteiger partial charge in [-0.15, -0.1) is 0 Å². The number of carboxylic acid groups (broad SMARTS) is 1. The Bertz CT molecular complexity index is 510. The van der Waals surface area contributed by atoms with Crippen LogP contribution in [0.3, 0.4) is 0 Å². The topological polar surface area (TPSA) is 96.4 Å². The highest BCUT2D eigenvalue weighted by Crippen LogP contribution is 2.23. The van der Waals surface area contributed by atoms with Crippen molar-refractivity contribution in [3.05, 3.63) is 23.0 Å². The van der Waals surface area contributed by atoms with Gasteiger partial charge in [0.15, 0.2) is 5.15 Å². The number of carboxylic acids is 1. The van der Waals surface area contributed by atoms with E-state index in [1.54, 1.807) is 13.0 Å². The van der Waals surface area contributed by atoms with Crippen LogP contribution in [0.15, 0.2) is 12.3 Å². The van der Waals surface area contributed by atoms with Gasteiger partial charge in [0.1, 0.15) is 0 Å². The Morgan fingerprint density at radius 2 is 2.24 bits per heavy atom. The minimum Gasteiger partial charge on any atom is -0.481 e. The predicted molar refractivity (Wildman–Crippen MR) is 63.6 cm³/mol. The molecule has 0 aliphatic rings. The summed E-state index contributed by atoms with van der Waals surface area (Å²) in [5.41, 5.74) is 0.795. The number of hydrogen-bond donors (Lipinski definition) is 2. The minimum atomic E-state index is -3.73. The van der Waals surface area contributed by atoms with Crippen molar-refractivity contribution in [2.24, 2.45) is 0 Å². The Morgan fingerprint density at radius 3 is 2.76 bits per heavy atom. The third-order valence-electron chi connectivity index (χ3n) is 1.96. The third-order valence-corrected chi connectivity index (χ3v) is 3.50. The van der Waals surface area contributed by atoms with E-state index in [9.17, 15) is 13.2 Å². The summed E-state index contributed by atoms with van der Waals surface area (Å²) in [4.78, 5) is 14.0. The first-order chi connectivity index (χ1) is 7.82. The van der Waals surface area contributed by atoms with Gasteiger partial charge in [-0.05, 0) is 18.6 Å². The lowest BCUT2D eigenvalue weighted by Crippen LogP contribution is -2.19. The molecule has 0 amide bonds. The van der Waals surface area contributed by atoms with Crippen molar-refractivity contribution in [2.75, 3.05) is 10.5 Å². The molecular weight excluding hydrogens is 268 g/mol. The smallest absolute Gasteiger partial charge is 0.304 e. The van der Waals surface area contributed by atoms with Crippen molar-refractivity contribution in [3.8, 4) is 0 Å². The second-order valence-electron chi connectivity index (χ2n) is 3.36. The Balaban J connectivity index is 2.87. The molecule has 0 unspecified atom stereocenters. The van der Waals surface area contributed by atoms with Gasteiger partial charge < -0.3 is 5.11 Å². The van der Waals surface area contributed by atoms with Gasteiger partial charge in [-0.25, -0.2) is 13.4 Å². The average Bonchev–Trinajstić information content (AvgIpc) is 2.21. The van der Waals surface area contributed by atoms with Gasteiger partial charge in [0.05, 0.1) is 17.9 Å². The average molecular weight is 279 g/mol. The number of anilines is 1. The predicted octanol–water partition coefficient (Wildman–Crippen LogP) is 1.26. The van der Waals surface area contributed by atoms with E-state index in [1.807, 2.05) is 0 Å². The zero-order valence-electron chi connectivity index (χ0n) is 8.97. The quantitative estimate of drug-likeness (QED) is 0.791. The molecule has 0 radical (unpaired) electrons. The van der Waals surface area contributed by atoms with Gasteiger partial charge in [0.2, 0.25) is 10.0 Å². The van der Waals surface area contributed by atoms with E-state index >= 15 is 0 Å². The van der Waals surface area contributed by atoms with E-state index in [0.717, 1.165) is 0 Å². The van der Waals surface area contributed by atoms with Gasteiger partial charge in [0.25, 0.3) is 0 Å². The van der Waals surface area contributed by atoms with Crippen LogP contribution >= 0.6 is 11.6 Å². The number of pyridine rings is 1. The molecule has 1 aromatic rings. The van der Waals surface area contributed by atoms with Crippen molar-refractivity contribution in [1.82, 2.24) is 4.98 Å². The van der Waals surface area contributed by atoms with Crippen LogP contribution in [-0.4, -0.2) is 30.2 Å². The molecular formula is C9H11ClN2O4S. The number of hydrogen-bond acceptors (Lipinski definition) is 4. The number of sulfonamides is 1. The number of carbonyl (C=O) groups is 1. The number of nitrogens with one attached hydrogen (secondary N) is 1. The van der Waals surface area contributed by atoms with E-state index in [1.165, 1.54) is 6.20 Å². The maximum absolute atomic E-state index is 11.5. The van der Waals surface area contributed by atoms with E-state index in [-0.39, 0.29) is 10.8 Å². The highest BCUT2D eigenvalue weighted by molar-refractivity contribution is 7.92. The number of rotatable bonds is 5. The van der Waals surface area contributed by atoms with Crippen LogP contribution in [0.25, 0.3) is 0 Å². The summed E-state index contributed by atoms with van der Waals surface area (Å²) >= 11 is 5.74. The molecule has 0 atom stereocenters. The van der Waals surface area contributed by atoms with E-state index < -0.39 is 28.2 Å². The molecule has 1 aromatic heterocycles. The number of nitrogens with zero attached hydrogens (tertiary/aromatic N) is 1. The van der Waals surface area contributed by atoms with Crippen molar-refractivity contribution in [3.63, 3.8) is 0 Å². The maximum atomic E-state index is 11.5. The zero-order valence-corrected chi connectivity index (χ0v) is 10.5.